The van der Waals surface area contributed by atoms with Crippen molar-refractivity contribution in [1.82, 2.24) is 9.55 Å². The predicted molar refractivity (Wildman–Crippen MR) is 145 cm³/mol. The van der Waals surface area contributed by atoms with Crippen molar-refractivity contribution in [3.05, 3.63) is 100 Å². The minimum absolute atomic E-state index is 0.00142. The molecule has 200 valence electrons. The Balaban J connectivity index is 1.73. The van der Waals surface area contributed by atoms with Crippen LogP contribution in [0.25, 0.3) is 5.69 Å². The van der Waals surface area contributed by atoms with E-state index in [1.54, 1.807) is 31.5 Å². The molecule has 0 fully saturated rings. The van der Waals surface area contributed by atoms with E-state index < -0.39 is 17.0 Å². The Morgan fingerprint density at radius 2 is 1.68 bits per heavy atom. The van der Waals surface area contributed by atoms with E-state index in [0.29, 0.717) is 28.2 Å². The standard InChI is InChI=1S/C29H28ClF3N2O2S/c1-5-12-37-21-14-24(32)22(25(33)15-21)17-38-28-34-16-27(35(28)20-9-7-19(31)8-10-20)29(2,3)18-6-11-23(30)26(13-18)36-4/h6-11,13-16H,5,12,17H2,1-4H3. The van der Waals surface area contributed by atoms with Gasteiger partial charge in [0.2, 0.25) is 0 Å². The van der Waals surface area contributed by atoms with Crippen LogP contribution in [-0.4, -0.2) is 23.3 Å². The van der Waals surface area contributed by atoms with E-state index in [4.69, 9.17) is 21.1 Å². The molecule has 0 radical (unpaired) electrons. The van der Waals surface area contributed by atoms with Crippen LogP contribution in [0.2, 0.25) is 5.02 Å². The van der Waals surface area contributed by atoms with Crippen LogP contribution in [0.4, 0.5) is 13.2 Å². The van der Waals surface area contributed by atoms with Gasteiger partial charge in [-0.3, -0.25) is 4.57 Å². The predicted octanol–water partition coefficient (Wildman–Crippen LogP) is 8.36. The first-order valence-electron chi connectivity index (χ1n) is 12.1. The van der Waals surface area contributed by atoms with Gasteiger partial charge >= 0.3 is 0 Å². The van der Waals surface area contributed by atoms with Gasteiger partial charge in [-0.05, 0) is 48.4 Å². The van der Waals surface area contributed by atoms with Crippen LogP contribution in [0.5, 0.6) is 11.5 Å². The molecule has 0 aliphatic carbocycles. The third kappa shape index (κ3) is 5.81. The van der Waals surface area contributed by atoms with Crippen molar-refractivity contribution in [2.75, 3.05) is 13.7 Å². The summed E-state index contributed by atoms with van der Waals surface area (Å²) in [6, 6.07) is 13.9. The lowest BCUT2D eigenvalue weighted by Gasteiger charge is -2.28. The smallest absolute Gasteiger partial charge is 0.173 e. The van der Waals surface area contributed by atoms with E-state index in [9.17, 15) is 13.2 Å². The summed E-state index contributed by atoms with van der Waals surface area (Å²) in [4.78, 5) is 4.60. The quantitative estimate of drug-likeness (QED) is 0.183. The highest BCUT2D eigenvalue weighted by Crippen LogP contribution is 2.39. The Labute approximate surface area is 229 Å². The highest BCUT2D eigenvalue weighted by atomic mass is 35.5. The summed E-state index contributed by atoms with van der Waals surface area (Å²) in [5, 5.41) is 0.997. The van der Waals surface area contributed by atoms with Crippen molar-refractivity contribution < 1.29 is 22.6 Å². The number of halogens is 4. The largest absolute Gasteiger partial charge is 0.495 e. The first-order chi connectivity index (χ1) is 18.1. The van der Waals surface area contributed by atoms with Crippen LogP contribution in [0.1, 0.15) is 44.0 Å². The molecule has 0 aliphatic heterocycles. The van der Waals surface area contributed by atoms with Crippen LogP contribution in [0.15, 0.2) is 66.0 Å². The molecule has 4 nitrogen and oxygen atoms in total. The number of hydrogen-bond donors (Lipinski definition) is 0. The zero-order chi connectivity index (χ0) is 27.4. The molecule has 0 saturated heterocycles. The Morgan fingerprint density at radius 1 is 1.00 bits per heavy atom. The van der Waals surface area contributed by atoms with E-state index in [0.717, 1.165) is 17.7 Å². The van der Waals surface area contributed by atoms with Crippen LogP contribution in [0, 0.1) is 17.5 Å². The number of rotatable bonds is 10. The highest BCUT2D eigenvalue weighted by molar-refractivity contribution is 7.98. The Kier molecular flexibility index (Phi) is 8.63. The molecule has 38 heavy (non-hydrogen) atoms. The number of benzene rings is 3. The minimum Gasteiger partial charge on any atom is -0.495 e. The third-order valence-corrected chi connectivity index (χ3v) is 7.55. The topological polar surface area (TPSA) is 36.3 Å². The van der Waals surface area contributed by atoms with Crippen molar-refractivity contribution in [2.24, 2.45) is 0 Å². The number of ether oxygens (including phenoxy) is 2. The van der Waals surface area contributed by atoms with Crippen molar-refractivity contribution in [2.45, 2.75) is 43.5 Å². The summed E-state index contributed by atoms with van der Waals surface area (Å²) in [5.74, 6) is -1.04. The number of aromatic nitrogens is 2. The Bertz CT molecular complexity index is 1400. The van der Waals surface area contributed by atoms with Gasteiger partial charge in [0.25, 0.3) is 0 Å². The molecule has 0 spiro atoms. The van der Waals surface area contributed by atoms with Gasteiger partial charge in [-0.2, -0.15) is 0 Å². The molecular weight excluding hydrogens is 533 g/mol. The van der Waals surface area contributed by atoms with Gasteiger partial charge < -0.3 is 9.47 Å². The number of methoxy groups -OCH3 is 1. The molecule has 0 aliphatic rings. The maximum atomic E-state index is 14.8. The number of nitrogens with zero attached hydrogens (tertiary/aromatic N) is 2. The third-order valence-electron chi connectivity index (χ3n) is 6.26. The molecule has 4 rings (SSSR count). The maximum Gasteiger partial charge on any atom is 0.173 e. The van der Waals surface area contributed by atoms with Gasteiger partial charge in [0.05, 0.1) is 30.6 Å². The molecule has 3 aromatic carbocycles. The average Bonchev–Trinajstić information content (AvgIpc) is 3.32. The first kappa shape index (κ1) is 27.9. The molecule has 1 heterocycles. The van der Waals surface area contributed by atoms with Gasteiger partial charge in [0.15, 0.2) is 5.16 Å². The van der Waals surface area contributed by atoms with Gasteiger partial charge in [-0.25, -0.2) is 18.2 Å². The lowest BCUT2D eigenvalue weighted by atomic mass is 9.81. The fourth-order valence-electron chi connectivity index (χ4n) is 4.07. The molecule has 0 amide bonds. The number of thioether (sulfide) groups is 1. The Morgan fingerprint density at radius 3 is 2.32 bits per heavy atom. The summed E-state index contributed by atoms with van der Waals surface area (Å²) in [6.07, 6.45) is 2.45. The summed E-state index contributed by atoms with van der Waals surface area (Å²) >= 11 is 7.43. The summed E-state index contributed by atoms with van der Waals surface area (Å²) < 4.78 is 56.0. The maximum absolute atomic E-state index is 14.8. The summed E-state index contributed by atoms with van der Waals surface area (Å²) in [6.45, 7) is 6.34. The van der Waals surface area contributed by atoms with Crippen molar-refractivity contribution in [3.8, 4) is 17.2 Å². The van der Waals surface area contributed by atoms with Gasteiger partial charge in [0, 0.05) is 34.6 Å². The normalized spacial score (nSPS) is 11.6. The molecular formula is C29H28ClF3N2O2S. The molecule has 0 unspecified atom stereocenters. The van der Waals surface area contributed by atoms with E-state index in [2.05, 4.69) is 4.98 Å². The molecule has 0 saturated carbocycles. The van der Waals surface area contributed by atoms with E-state index in [1.165, 1.54) is 36.0 Å². The van der Waals surface area contributed by atoms with Gasteiger partial charge in [-0.15, -0.1) is 0 Å². The van der Waals surface area contributed by atoms with E-state index in [1.807, 2.05) is 37.5 Å². The van der Waals surface area contributed by atoms with Gasteiger partial charge in [-0.1, -0.05) is 50.2 Å². The highest BCUT2D eigenvalue weighted by Gasteiger charge is 2.30. The zero-order valence-electron chi connectivity index (χ0n) is 21.5. The molecule has 9 heteroatoms. The second-order valence-corrected chi connectivity index (χ2v) is 10.6. The summed E-state index contributed by atoms with van der Waals surface area (Å²) in [5.41, 5.74) is 1.71. The fourth-order valence-corrected chi connectivity index (χ4v) is 5.28. The number of imidazole rings is 1. The molecule has 0 atom stereocenters. The molecule has 1 aromatic heterocycles. The van der Waals surface area contributed by atoms with Crippen molar-refractivity contribution in [3.63, 3.8) is 0 Å². The SMILES string of the molecule is CCCOc1cc(F)c(CSc2ncc(C(C)(C)c3ccc(Cl)c(OC)c3)n2-c2ccc(F)cc2)c(F)c1. The van der Waals surface area contributed by atoms with Crippen LogP contribution in [-0.2, 0) is 11.2 Å². The lowest BCUT2D eigenvalue weighted by molar-refractivity contribution is 0.313. The van der Waals surface area contributed by atoms with Crippen molar-refractivity contribution in [1.29, 1.82) is 0 Å². The molecule has 0 N–H and O–H groups in total. The second kappa shape index (κ2) is 11.7. The molecule has 4 aromatic rings. The number of hydrogen-bond acceptors (Lipinski definition) is 4. The Hall–Kier alpha value is -3.10. The van der Waals surface area contributed by atoms with Crippen molar-refractivity contribution >= 4 is 23.4 Å². The van der Waals surface area contributed by atoms with Crippen LogP contribution in [0.3, 0.4) is 0 Å². The van der Waals surface area contributed by atoms with E-state index >= 15 is 0 Å². The average molecular weight is 561 g/mol. The zero-order valence-corrected chi connectivity index (χ0v) is 23.1. The van der Waals surface area contributed by atoms with Gasteiger partial charge in [0.1, 0.15) is 29.0 Å². The fraction of sp³-hybridized carbons (Fsp3) is 0.276. The second-order valence-electron chi connectivity index (χ2n) is 9.21. The minimum atomic E-state index is -0.683. The van der Waals surface area contributed by atoms with E-state index in [-0.39, 0.29) is 22.9 Å². The molecule has 0 bridgehead atoms. The summed E-state index contributed by atoms with van der Waals surface area (Å²) in [7, 11) is 1.55. The first-order valence-corrected chi connectivity index (χ1v) is 13.4. The lowest BCUT2D eigenvalue weighted by Crippen LogP contribution is -2.23. The van der Waals surface area contributed by atoms with Crippen LogP contribution >= 0.6 is 23.4 Å². The van der Waals surface area contributed by atoms with Crippen LogP contribution < -0.4 is 9.47 Å². The monoisotopic (exact) mass is 560 g/mol.